The van der Waals surface area contributed by atoms with Gasteiger partial charge in [-0.1, -0.05) is 24.3 Å². The first-order valence-corrected chi connectivity index (χ1v) is 6.86. The van der Waals surface area contributed by atoms with Gasteiger partial charge < -0.3 is 10.6 Å². The summed E-state index contributed by atoms with van der Waals surface area (Å²) in [5, 5.41) is 5.62. The fourth-order valence-electron chi connectivity index (χ4n) is 2.27. The minimum atomic E-state index is -0.313. The summed E-state index contributed by atoms with van der Waals surface area (Å²) in [6.07, 6.45) is 0. The van der Waals surface area contributed by atoms with Crippen molar-refractivity contribution >= 4 is 11.7 Å². The largest absolute Gasteiger partial charge is 0.331 e. The number of urea groups is 1. The molecule has 0 fully saturated rings. The van der Waals surface area contributed by atoms with Crippen LogP contribution in [0.15, 0.2) is 42.5 Å². The lowest BCUT2D eigenvalue weighted by Crippen LogP contribution is -2.31. The molecule has 0 heterocycles. The Morgan fingerprint density at radius 3 is 2.48 bits per heavy atom. The Kier molecular flexibility index (Phi) is 4.58. The summed E-state index contributed by atoms with van der Waals surface area (Å²) in [7, 11) is 0. The van der Waals surface area contributed by atoms with E-state index in [0.717, 1.165) is 11.1 Å². The second-order valence-electron chi connectivity index (χ2n) is 5.14. The zero-order chi connectivity index (χ0) is 15.4. The molecule has 4 heteroatoms. The topological polar surface area (TPSA) is 41.1 Å². The van der Waals surface area contributed by atoms with Gasteiger partial charge >= 0.3 is 6.03 Å². The molecule has 0 spiro atoms. The monoisotopic (exact) mass is 286 g/mol. The number of halogens is 1. The van der Waals surface area contributed by atoms with Crippen molar-refractivity contribution in [3.8, 4) is 0 Å². The summed E-state index contributed by atoms with van der Waals surface area (Å²) in [4.78, 5) is 12.0. The average molecular weight is 286 g/mol. The number of nitrogens with one attached hydrogen (secondary N) is 2. The molecule has 110 valence electrons. The number of rotatable bonds is 3. The molecule has 0 aliphatic rings. The predicted molar refractivity (Wildman–Crippen MR) is 82.9 cm³/mol. The highest BCUT2D eigenvalue weighted by molar-refractivity contribution is 5.90. The molecule has 2 aromatic rings. The third-order valence-corrected chi connectivity index (χ3v) is 3.44. The lowest BCUT2D eigenvalue weighted by Gasteiger charge is -2.17. The van der Waals surface area contributed by atoms with Crippen LogP contribution in [0.25, 0.3) is 0 Å². The normalized spacial score (nSPS) is 11.8. The van der Waals surface area contributed by atoms with E-state index in [1.54, 1.807) is 13.0 Å². The van der Waals surface area contributed by atoms with E-state index in [1.807, 2.05) is 38.1 Å². The van der Waals surface area contributed by atoms with Gasteiger partial charge in [-0.25, -0.2) is 9.18 Å². The van der Waals surface area contributed by atoms with Gasteiger partial charge in [0.2, 0.25) is 0 Å². The molecule has 0 unspecified atom stereocenters. The van der Waals surface area contributed by atoms with Crippen LogP contribution in [0.2, 0.25) is 0 Å². The maximum absolute atomic E-state index is 13.0. The maximum atomic E-state index is 13.0. The summed E-state index contributed by atoms with van der Waals surface area (Å²) in [5.41, 5.74) is 3.49. The van der Waals surface area contributed by atoms with Crippen LogP contribution in [0.3, 0.4) is 0 Å². The zero-order valence-corrected chi connectivity index (χ0v) is 12.4. The van der Waals surface area contributed by atoms with E-state index in [0.29, 0.717) is 11.3 Å². The van der Waals surface area contributed by atoms with E-state index < -0.39 is 0 Å². The van der Waals surface area contributed by atoms with Gasteiger partial charge in [-0.3, -0.25) is 0 Å². The molecule has 1 atom stereocenters. The number of anilines is 1. The highest BCUT2D eigenvalue weighted by Crippen LogP contribution is 2.18. The quantitative estimate of drug-likeness (QED) is 0.866. The van der Waals surface area contributed by atoms with Crippen molar-refractivity contribution in [2.24, 2.45) is 0 Å². The highest BCUT2D eigenvalue weighted by Gasteiger charge is 2.12. The molecule has 2 N–H and O–H groups in total. The van der Waals surface area contributed by atoms with Crippen LogP contribution in [0.5, 0.6) is 0 Å². The number of benzene rings is 2. The van der Waals surface area contributed by atoms with Crippen LogP contribution in [0, 0.1) is 19.7 Å². The molecular formula is C17H19FN2O. The molecule has 21 heavy (non-hydrogen) atoms. The Balaban J connectivity index is 2.03. The molecule has 0 saturated carbocycles. The van der Waals surface area contributed by atoms with E-state index >= 15 is 0 Å². The van der Waals surface area contributed by atoms with E-state index in [1.165, 1.54) is 12.1 Å². The molecule has 0 bridgehead atoms. The first-order chi connectivity index (χ1) is 9.97. The molecule has 0 aromatic heterocycles. The number of carbonyl (C=O) groups excluding carboxylic acids is 1. The molecule has 0 aliphatic carbocycles. The van der Waals surface area contributed by atoms with E-state index in [4.69, 9.17) is 0 Å². The van der Waals surface area contributed by atoms with Crippen molar-refractivity contribution in [1.82, 2.24) is 5.32 Å². The average Bonchev–Trinajstić information content (AvgIpc) is 2.42. The number of aryl methyl sites for hydroxylation is 2. The van der Waals surface area contributed by atoms with Gasteiger partial charge in [-0.15, -0.1) is 0 Å². The zero-order valence-electron chi connectivity index (χ0n) is 12.4. The fraction of sp³-hybridized carbons (Fsp3) is 0.235. The number of amides is 2. The van der Waals surface area contributed by atoms with Crippen molar-refractivity contribution < 1.29 is 9.18 Å². The maximum Gasteiger partial charge on any atom is 0.319 e. The van der Waals surface area contributed by atoms with Crippen LogP contribution in [-0.4, -0.2) is 6.03 Å². The van der Waals surface area contributed by atoms with Crippen molar-refractivity contribution in [1.29, 1.82) is 0 Å². The molecule has 0 radical (unpaired) electrons. The van der Waals surface area contributed by atoms with Gasteiger partial charge in [-0.05, 0) is 55.7 Å². The Bertz CT molecular complexity index is 655. The summed E-state index contributed by atoms with van der Waals surface area (Å²) in [6.45, 7) is 5.69. The van der Waals surface area contributed by atoms with Gasteiger partial charge in [0.05, 0.1) is 6.04 Å². The van der Waals surface area contributed by atoms with Gasteiger partial charge in [0, 0.05) is 5.69 Å². The van der Waals surface area contributed by atoms with E-state index in [2.05, 4.69) is 10.6 Å². The smallest absolute Gasteiger partial charge is 0.319 e. The minimum Gasteiger partial charge on any atom is -0.331 e. The number of hydrogen-bond donors (Lipinski definition) is 2. The molecular weight excluding hydrogens is 267 g/mol. The third kappa shape index (κ3) is 3.81. The molecule has 3 nitrogen and oxygen atoms in total. The molecule has 2 rings (SSSR count). The van der Waals surface area contributed by atoms with Crippen LogP contribution in [0.4, 0.5) is 14.9 Å². The fourth-order valence-corrected chi connectivity index (χ4v) is 2.27. The minimum absolute atomic E-state index is 0.105. The lowest BCUT2D eigenvalue weighted by molar-refractivity contribution is 0.249. The van der Waals surface area contributed by atoms with E-state index in [-0.39, 0.29) is 17.9 Å². The van der Waals surface area contributed by atoms with E-state index in [9.17, 15) is 9.18 Å². The summed E-state index contributed by atoms with van der Waals surface area (Å²) < 4.78 is 13.0. The van der Waals surface area contributed by atoms with Crippen LogP contribution in [-0.2, 0) is 0 Å². The SMILES string of the molecule is Cc1cc(F)ccc1NC(=O)N[C@H](C)c1ccccc1C. The van der Waals surface area contributed by atoms with Gasteiger partial charge in [0.15, 0.2) is 0 Å². The summed E-state index contributed by atoms with van der Waals surface area (Å²) >= 11 is 0. The Labute approximate surface area is 124 Å². The molecule has 0 saturated heterocycles. The Hall–Kier alpha value is -2.36. The van der Waals surface area contributed by atoms with Gasteiger partial charge in [0.1, 0.15) is 5.82 Å². The van der Waals surface area contributed by atoms with Crippen LogP contribution >= 0.6 is 0 Å². The molecule has 0 aliphatic heterocycles. The second-order valence-corrected chi connectivity index (χ2v) is 5.14. The molecule has 2 amide bonds. The second kappa shape index (κ2) is 6.39. The number of hydrogen-bond acceptors (Lipinski definition) is 1. The number of carbonyl (C=O) groups is 1. The first-order valence-electron chi connectivity index (χ1n) is 6.86. The van der Waals surface area contributed by atoms with Gasteiger partial charge in [0.25, 0.3) is 0 Å². The van der Waals surface area contributed by atoms with Crippen molar-refractivity contribution in [3.63, 3.8) is 0 Å². The van der Waals surface area contributed by atoms with Crippen LogP contribution in [0.1, 0.15) is 29.7 Å². The predicted octanol–water partition coefficient (Wildman–Crippen LogP) is 4.33. The first kappa shape index (κ1) is 15.0. The van der Waals surface area contributed by atoms with Crippen molar-refractivity contribution in [2.45, 2.75) is 26.8 Å². The summed E-state index contributed by atoms with van der Waals surface area (Å²) in [6, 6.07) is 11.8. The van der Waals surface area contributed by atoms with Crippen molar-refractivity contribution in [3.05, 3.63) is 65.0 Å². The lowest BCUT2D eigenvalue weighted by atomic mass is 10.0. The Morgan fingerprint density at radius 1 is 1.10 bits per heavy atom. The molecule has 2 aromatic carbocycles. The summed E-state index contributed by atoms with van der Waals surface area (Å²) in [5.74, 6) is -0.313. The van der Waals surface area contributed by atoms with Crippen LogP contribution < -0.4 is 10.6 Å². The van der Waals surface area contributed by atoms with Crippen molar-refractivity contribution in [2.75, 3.05) is 5.32 Å². The third-order valence-electron chi connectivity index (χ3n) is 3.44. The standard InChI is InChI=1S/C17H19FN2O/c1-11-6-4-5-7-15(11)13(3)19-17(21)20-16-9-8-14(18)10-12(16)2/h4-10,13H,1-3H3,(H2,19,20,21)/t13-/m1/s1. The Morgan fingerprint density at radius 2 is 1.81 bits per heavy atom. The van der Waals surface area contributed by atoms with Gasteiger partial charge in [-0.2, -0.15) is 0 Å². The highest BCUT2D eigenvalue weighted by atomic mass is 19.1.